The van der Waals surface area contributed by atoms with Crippen molar-refractivity contribution in [1.29, 1.82) is 0 Å². The highest BCUT2D eigenvalue weighted by molar-refractivity contribution is 5.86. The Bertz CT molecular complexity index is 387. The Morgan fingerprint density at radius 3 is 2.52 bits per heavy atom. The summed E-state index contributed by atoms with van der Waals surface area (Å²) < 4.78 is 36.8. The highest BCUT2D eigenvalue weighted by atomic mass is 19.4. The van der Waals surface area contributed by atoms with E-state index in [9.17, 15) is 22.8 Å². The Labute approximate surface area is 121 Å². The summed E-state index contributed by atoms with van der Waals surface area (Å²) in [7, 11) is 3.15. The predicted molar refractivity (Wildman–Crippen MR) is 70.7 cm³/mol. The first-order valence-corrected chi connectivity index (χ1v) is 6.66. The topological polar surface area (TPSA) is 64.7 Å². The van der Waals surface area contributed by atoms with E-state index in [2.05, 4.69) is 10.6 Å². The normalized spacial score (nSPS) is 21.0. The molecule has 2 N–H and O–H groups in total. The fourth-order valence-electron chi connectivity index (χ4n) is 2.22. The summed E-state index contributed by atoms with van der Waals surface area (Å²) in [5.74, 6) is -0.254. The third-order valence-electron chi connectivity index (χ3n) is 3.17. The quantitative estimate of drug-likeness (QED) is 0.790. The van der Waals surface area contributed by atoms with Crippen LogP contribution in [-0.2, 0) is 4.79 Å². The van der Waals surface area contributed by atoms with Gasteiger partial charge in [0.2, 0.25) is 5.91 Å². The number of likely N-dealkylation sites (tertiary alicyclic amines) is 1. The molecule has 122 valence electrons. The summed E-state index contributed by atoms with van der Waals surface area (Å²) in [5, 5.41) is 5.06. The van der Waals surface area contributed by atoms with E-state index in [1.807, 2.05) is 0 Å². The second-order valence-electron chi connectivity index (χ2n) is 5.41. The van der Waals surface area contributed by atoms with Gasteiger partial charge in [-0.25, -0.2) is 4.79 Å². The molecule has 0 unspecified atom stereocenters. The molecule has 0 radical (unpaired) electrons. The number of amides is 3. The van der Waals surface area contributed by atoms with Crippen LogP contribution in [0.2, 0.25) is 0 Å². The zero-order chi connectivity index (χ0) is 16.2. The summed E-state index contributed by atoms with van der Waals surface area (Å²) >= 11 is 0. The molecule has 3 amide bonds. The molecule has 1 heterocycles. The maximum Gasteiger partial charge on any atom is 0.401 e. The lowest BCUT2D eigenvalue weighted by Gasteiger charge is -2.20. The molecule has 1 aliphatic rings. The van der Waals surface area contributed by atoms with Gasteiger partial charge in [-0.2, -0.15) is 13.2 Å². The Kier molecular flexibility index (Phi) is 5.82. The van der Waals surface area contributed by atoms with Crippen molar-refractivity contribution in [1.82, 2.24) is 20.4 Å². The molecule has 21 heavy (non-hydrogen) atoms. The van der Waals surface area contributed by atoms with Gasteiger partial charge in [0, 0.05) is 33.2 Å². The van der Waals surface area contributed by atoms with Crippen LogP contribution in [0.4, 0.5) is 18.0 Å². The van der Waals surface area contributed by atoms with Crippen molar-refractivity contribution >= 4 is 11.9 Å². The number of hydrogen-bond acceptors (Lipinski definition) is 3. The van der Waals surface area contributed by atoms with Crippen molar-refractivity contribution in [3.63, 3.8) is 0 Å². The monoisotopic (exact) mass is 310 g/mol. The van der Waals surface area contributed by atoms with E-state index in [0.29, 0.717) is 6.42 Å². The number of carbonyl (C=O) groups is 2. The molecule has 0 aromatic heterocycles. The molecule has 2 atom stereocenters. The molecule has 1 fully saturated rings. The first-order chi connectivity index (χ1) is 9.58. The lowest BCUT2D eigenvalue weighted by molar-refractivity contribution is -0.143. The zero-order valence-corrected chi connectivity index (χ0v) is 12.3. The van der Waals surface area contributed by atoms with Gasteiger partial charge in [0.1, 0.15) is 6.04 Å². The van der Waals surface area contributed by atoms with E-state index < -0.39 is 24.8 Å². The first-order valence-electron chi connectivity index (χ1n) is 6.66. The van der Waals surface area contributed by atoms with Crippen LogP contribution in [0.25, 0.3) is 0 Å². The van der Waals surface area contributed by atoms with Gasteiger partial charge in [0.05, 0.1) is 6.54 Å². The number of rotatable bonds is 4. The van der Waals surface area contributed by atoms with Crippen molar-refractivity contribution in [2.75, 3.05) is 33.7 Å². The number of nitrogens with zero attached hydrogens (tertiary/aromatic N) is 2. The van der Waals surface area contributed by atoms with Crippen molar-refractivity contribution in [2.24, 2.45) is 0 Å². The van der Waals surface area contributed by atoms with Crippen molar-refractivity contribution in [3.8, 4) is 0 Å². The summed E-state index contributed by atoms with van der Waals surface area (Å²) in [6, 6.07) is -1.57. The van der Waals surface area contributed by atoms with Crippen LogP contribution in [0.15, 0.2) is 0 Å². The summed E-state index contributed by atoms with van der Waals surface area (Å²) in [6.45, 7) is 1.02. The number of hydrogen-bond donors (Lipinski definition) is 2. The second-order valence-corrected chi connectivity index (χ2v) is 5.41. The van der Waals surface area contributed by atoms with Gasteiger partial charge in [-0.1, -0.05) is 0 Å². The fraction of sp³-hybridized carbons (Fsp3) is 0.833. The molecule has 1 saturated heterocycles. The number of likely N-dealkylation sites (N-methyl/N-ethyl adjacent to an activating group) is 1. The standard InChI is InChI=1S/C12H21F3N4O2/c1-8(10(20)18(2)3)16-11(21)17-9-4-5-19(6-9)7-12(13,14)15/h8-9H,4-7H2,1-3H3,(H2,16,17,21)/t8-,9-/m0/s1. The molecule has 0 saturated carbocycles. The van der Waals surface area contributed by atoms with Crippen LogP contribution in [0.3, 0.4) is 0 Å². The summed E-state index contributed by atoms with van der Waals surface area (Å²) in [4.78, 5) is 25.9. The average Bonchev–Trinajstić information content (AvgIpc) is 2.72. The van der Waals surface area contributed by atoms with Gasteiger partial charge in [-0.3, -0.25) is 9.69 Å². The molecule has 0 aromatic carbocycles. The minimum atomic E-state index is -4.23. The van der Waals surface area contributed by atoms with E-state index in [4.69, 9.17) is 0 Å². The van der Waals surface area contributed by atoms with E-state index in [-0.39, 0.29) is 25.0 Å². The van der Waals surface area contributed by atoms with E-state index in [1.54, 1.807) is 21.0 Å². The fourth-order valence-corrected chi connectivity index (χ4v) is 2.22. The lowest BCUT2D eigenvalue weighted by atomic mass is 10.2. The molecule has 6 nitrogen and oxygen atoms in total. The third-order valence-corrected chi connectivity index (χ3v) is 3.17. The molecule has 1 rings (SSSR count). The highest BCUT2D eigenvalue weighted by Gasteiger charge is 2.34. The number of halogens is 3. The first kappa shape index (κ1) is 17.5. The maximum atomic E-state index is 12.3. The smallest absolute Gasteiger partial charge is 0.347 e. The van der Waals surface area contributed by atoms with Gasteiger partial charge in [-0.05, 0) is 13.3 Å². The molecule has 1 aliphatic heterocycles. The van der Waals surface area contributed by atoms with Crippen LogP contribution < -0.4 is 10.6 Å². The molecule has 0 bridgehead atoms. The van der Waals surface area contributed by atoms with Crippen LogP contribution in [0.5, 0.6) is 0 Å². The van der Waals surface area contributed by atoms with Crippen LogP contribution >= 0.6 is 0 Å². The summed E-state index contributed by atoms with van der Waals surface area (Å²) in [5.41, 5.74) is 0. The average molecular weight is 310 g/mol. The van der Waals surface area contributed by atoms with Crippen LogP contribution in [0.1, 0.15) is 13.3 Å². The number of nitrogens with one attached hydrogen (secondary N) is 2. The highest BCUT2D eigenvalue weighted by Crippen LogP contribution is 2.19. The molecular formula is C12H21F3N4O2. The van der Waals surface area contributed by atoms with Gasteiger partial charge in [0.15, 0.2) is 0 Å². The molecule has 0 aromatic rings. The van der Waals surface area contributed by atoms with E-state index >= 15 is 0 Å². The predicted octanol–water partition coefficient (Wildman–Crippen LogP) is 0.399. The second kappa shape index (κ2) is 6.97. The zero-order valence-electron chi connectivity index (χ0n) is 12.3. The lowest BCUT2D eigenvalue weighted by Crippen LogP contribution is -2.51. The van der Waals surface area contributed by atoms with Crippen molar-refractivity contribution < 1.29 is 22.8 Å². The van der Waals surface area contributed by atoms with E-state index in [0.717, 1.165) is 0 Å². The number of alkyl halides is 3. The third kappa shape index (κ3) is 6.19. The minimum absolute atomic E-state index is 0.156. The Hall–Kier alpha value is -1.51. The largest absolute Gasteiger partial charge is 0.401 e. The number of urea groups is 1. The molecule has 9 heteroatoms. The van der Waals surface area contributed by atoms with Gasteiger partial charge in [0.25, 0.3) is 0 Å². The minimum Gasteiger partial charge on any atom is -0.347 e. The summed E-state index contributed by atoms with van der Waals surface area (Å²) in [6.07, 6.45) is -3.77. The van der Waals surface area contributed by atoms with Gasteiger partial charge in [-0.15, -0.1) is 0 Å². The van der Waals surface area contributed by atoms with Crippen molar-refractivity contribution in [3.05, 3.63) is 0 Å². The SMILES string of the molecule is C[C@H](NC(=O)N[C@H]1CCN(CC(F)(F)F)C1)C(=O)N(C)C. The molecular weight excluding hydrogens is 289 g/mol. The Morgan fingerprint density at radius 2 is 2.00 bits per heavy atom. The van der Waals surface area contributed by atoms with Crippen LogP contribution in [-0.4, -0.2) is 73.7 Å². The van der Waals surface area contributed by atoms with Crippen LogP contribution in [0, 0.1) is 0 Å². The van der Waals surface area contributed by atoms with Crippen molar-refractivity contribution in [2.45, 2.75) is 31.6 Å². The van der Waals surface area contributed by atoms with Gasteiger partial charge >= 0.3 is 12.2 Å². The Balaban J connectivity index is 2.35. The number of carbonyl (C=O) groups excluding carboxylic acids is 2. The molecule has 0 aliphatic carbocycles. The Morgan fingerprint density at radius 1 is 1.38 bits per heavy atom. The maximum absolute atomic E-state index is 12.3. The van der Waals surface area contributed by atoms with Gasteiger partial charge < -0.3 is 15.5 Å². The molecule has 0 spiro atoms. The van der Waals surface area contributed by atoms with E-state index in [1.165, 1.54) is 9.80 Å².